The Labute approximate surface area is 325 Å². The summed E-state index contributed by atoms with van der Waals surface area (Å²) in [5.41, 5.74) is 5.16. The predicted octanol–water partition coefficient (Wildman–Crippen LogP) is 10.2. The number of carbonyl (C=O) groups is 5. The third-order valence-electron chi connectivity index (χ3n) is 8.64. The van der Waals surface area contributed by atoms with Gasteiger partial charge in [-0.15, -0.1) is 0 Å². The number of para-hydroxylation sites is 1. The first kappa shape index (κ1) is 41.6. The van der Waals surface area contributed by atoms with E-state index < -0.39 is 29.7 Å². The highest BCUT2D eigenvalue weighted by molar-refractivity contribution is 6.09. The molecule has 6 aromatic carbocycles. The van der Waals surface area contributed by atoms with Gasteiger partial charge in [0.15, 0.2) is 11.6 Å². The van der Waals surface area contributed by atoms with Gasteiger partial charge in [-0.1, -0.05) is 133 Å². The summed E-state index contributed by atoms with van der Waals surface area (Å²) in [6.45, 7) is 3.26. The zero-order valence-electron chi connectivity index (χ0n) is 30.9. The minimum Gasteiger partial charge on any atom is -0.481 e. The van der Waals surface area contributed by atoms with Crippen molar-refractivity contribution in [1.29, 1.82) is 0 Å². The highest BCUT2D eigenvalue weighted by atomic mass is 16.5. The molecule has 0 aliphatic heterocycles. The van der Waals surface area contributed by atoms with Crippen molar-refractivity contribution < 1.29 is 44.0 Å². The first-order valence-corrected chi connectivity index (χ1v) is 17.8. The maximum atomic E-state index is 12.2. The molecule has 2 unspecified atom stereocenters. The molecule has 2 atom stereocenters. The molecular weight excluding hydrogens is 709 g/mol. The number of carboxylic acid groups (broad SMARTS) is 3. The summed E-state index contributed by atoms with van der Waals surface area (Å²) in [7, 11) is 0. The molecule has 3 N–H and O–H groups in total. The Balaban J connectivity index is 0.000000187. The van der Waals surface area contributed by atoms with Crippen LogP contribution in [-0.2, 0) is 14.4 Å². The number of hydrogen-bond acceptors (Lipinski definition) is 6. The van der Waals surface area contributed by atoms with E-state index in [2.05, 4.69) is 0 Å². The van der Waals surface area contributed by atoms with Gasteiger partial charge in [-0.25, -0.2) is 0 Å². The summed E-state index contributed by atoms with van der Waals surface area (Å²) in [5.74, 6) is -2.70. The van der Waals surface area contributed by atoms with Crippen molar-refractivity contribution in [2.24, 2.45) is 0 Å². The molecule has 0 aromatic heterocycles. The van der Waals surface area contributed by atoms with E-state index in [4.69, 9.17) is 20.1 Å². The van der Waals surface area contributed by atoms with Crippen LogP contribution in [0, 0.1) is 0 Å². The number of carbonyl (C=O) groups excluding carboxylic acids is 2. The van der Waals surface area contributed by atoms with E-state index in [-0.39, 0.29) is 24.4 Å². The van der Waals surface area contributed by atoms with Crippen molar-refractivity contribution in [3.8, 4) is 22.6 Å². The van der Waals surface area contributed by atoms with Crippen LogP contribution in [0.3, 0.4) is 0 Å². The number of Topliss-reactive ketones (excluding diaryl/α,β-unsaturated/α-hetero) is 1. The fraction of sp³-hybridized carbons (Fsp3) is 0.128. The molecule has 284 valence electrons. The fourth-order valence-corrected chi connectivity index (χ4v) is 5.31. The highest BCUT2D eigenvalue weighted by Crippen LogP contribution is 2.26. The quantitative estimate of drug-likeness (QED) is 0.0978. The molecule has 0 aliphatic rings. The normalized spacial score (nSPS) is 11.2. The average molecular weight is 751 g/mol. The maximum Gasteiger partial charge on any atom is 0.310 e. The van der Waals surface area contributed by atoms with Crippen LogP contribution in [0.2, 0.25) is 0 Å². The number of rotatable bonds is 13. The summed E-state index contributed by atoms with van der Waals surface area (Å²) < 4.78 is 5.66. The van der Waals surface area contributed by atoms with Crippen LogP contribution in [0.15, 0.2) is 164 Å². The summed E-state index contributed by atoms with van der Waals surface area (Å²) in [6, 6.07) is 49.4. The smallest absolute Gasteiger partial charge is 0.310 e. The SMILES string of the molecule is CC(C(=O)O)c1cccc(C(=O)c2ccccc2)c1.CC(C(=O)O)c1cccc(Oc2ccccc2)c1.O=C(O)CCC(=O)c1ccc(-c2ccccc2)cc1. The summed E-state index contributed by atoms with van der Waals surface area (Å²) >= 11 is 0. The third-order valence-corrected chi connectivity index (χ3v) is 8.64. The van der Waals surface area contributed by atoms with Gasteiger partial charge < -0.3 is 20.1 Å². The van der Waals surface area contributed by atoms with Gasteiger partial charge in [0.05, 0.1) is 18.3 Å². The van der Waals surface area contributed by atoms with Gasteiger partial charge in [-0.3, -0.25) is 24.0 Å². The molecule has 6 aromatic rings. The topological polar surface area (TPSA) is 155 Å². The van der Waals surface area contributed by atoms with Crippen LogP contribution < -0.4 is 4.74 Å². The van der Waals surface area contributed by atoms with Crippen LogP contribution >= 0.6 is 0 Å². The van der Waals surface area contributed by atoms with Gasteiger partial charge in [0.1, 0.15) is 11.5 Å². The van der Waals surface area contributed by atoms with Gasteiger partial charge in [-0.2, -0.15) is 0 Å². The van der Waals surface area contributed by atoms with Crippen LogP contribution in [0.25, 0.3) is 11.1 Å². The Morgan fingerprint density at radius 1 is 0.464 bits per heavy atom. The number of benzene rings is 6. The molecule has 0 saturated heterocycles. The molecule has 6 rings (SSSR count). The zero-order valence-corrected chi connectivity index (χ0v) is 30.9. The number of carboxylic acids is 3. The molecule has 0 bridgehead atoms. The molecule has 0 radical (unpaired) electrons. The first-order chi connectivity index (χ1) is 26.9. The van der Waals surface area contributed by atoms with E-state index >= 15 is 0 Å². The molecule has 0 saturated carbocycles. The Kier molecular flexibility index (Phi) is 15.6. The molecule has 0 amide bonds. The van der Waals surface area contributed by atoms with Crippen LogP contribution in [0.1, 0.15) is 75.9 Å². The van der Waals surface area contributed by atoms with E-state index in [9.17, 15) is 24.0 Å². The maximum absolute atomic E-state index is 12.2. The average Bonchev–Trinajstić information content (AvgIpc) is 3.23. The second-order valence-electron chi connectivity index (χ2n) is 12.7. The van der Waals surface area contributed by atoms with Gasteiger partial charge in [0.25, 0.3) is 0 Å². The minimum atomic E-state index is -0.950. The van der Waals surface area contributed by atoms with Crippen molar-refractivity contribution in [1.82, 2.24) is 0 Å². The number of ether oxygens (including phenoxy) is 1. The number of aliphatic carboxylic acids is 3. The molecular formula is C47H42O9. The summed E-state index contributed by atoms with van der Waals surface area (Å²) in [4.78, 5) is 56.3. The van der Waals surface area contributed by atoms with Gasteiger partial charge >= 0.3 is 17.9 Å². The van der Waals surface area contributed by atoms with Crippen molar-refractivity contribution in [3.05, 3.63) is 192 Å². The molecule has 9 nitrogen and oxygen atoms in total. The number of hydrogen-bond donors (Lipinski definition) is 3. The Morgan fingerprint density at radius 3 is 1.48 bits per heavy atom. The zero-order chi connectivity index (χ0) is 40.5. The molecule has 0 fully saturated rings. The molecule has 0 heterocycles. The lowest BCUT2D eigenvalue weighted by molar-refractivity contribution is -0.139. The molecule has 9 heteroatoms. The fourth-order valence-electron chi connectivity index (χ4n) is 5.31. The molecule has 0 aliphatic carbocycles. The number of ketones is 2. The van der Waals surface area contributed by atoms with Gasteiger partial charge in [0.2, 0.25) is 0 Å². The van der Waals surface area contributed by atoms with E-state index in [1.54, 1.807) is 92.7 Å². The molecule has 0 spiro atoms. The highest BCUT2D eigenvalue weighted by Gasteiger charge is 2.17. The first-order valence-electron chi connectivity index (χ1n) is 17.8. The lowest BCUT2D eigenvalue weighted by Gasteiger charge is -2.10. The second-order valence-corrected chi connectivity index (χ2v) is 12.7. The lowest BCUT2D eigenvalue weighted by atomic mass is 9.96. The minimum absolute atomic E-state index is 0.0417. The largest absolute Gasteiger partial charge is 0.481 e. The van der Waals surface area contributed by atoms with Crippen LogP contribution in [0.4, 0.5) is 0 Å². The monoisotopic (exact) mass is 750 g/mol. The van der Waals surface area contributed by atoms with E-state index in [0.29, 0.717) is 28.0 Å². The third kappa shape index (κ3) is 12.8. The predicted molar refractivity (Wildman–Crippen MR) is 214 cm³/mol. The summed E-state index contributed by atoms with van der Waals surface area (Å²) in [6.07, 6.45) is -0.0840. The van der Waals surface area contributed by atoms with E-state index in [1.165, 1.54) is 0 Å². The van der Waals surface area contributed by atoms with Crippen LogP contribution in [0.5, 0.6) is 11.5 Å². The standard InChI is InChI=1S/2C16H14O3.C15H14O3/c1-11(16(18)19)13-8-5-9-14(10-13)15(17)12-6-3-2-4-7-12;17-15(10-11-16(18)19)14-8-6-13(7-9-14)12-4-2-1-3-5-12;1-11(15(16)17)12-6-5-9-14(10-12)18-13-7-3-2-4-8-13/h2-11H,1H3,(H,18,19);1-9H,10-11H2,(H,18,19);2-11H,1H3,(H,16,17). The van der Waals surface area contributed by atoms with Crippen molar-refractivity contribution in [2.75, 3.05) is 0 Å². The second kappa shape index (κ2) is 20.9. The van der Waals surface area contributed by atoms with Gasteiger partial charge in [0, 0.05) is 23.1 Å². The van der Waals surface area contributed by atoms with Crippen LogP contribution in [-0.4, -0.2) is 44.8 Å². The molecule has 56 heavy (non-hydrogen) atoms. The van der Waals surface area contributed by atoms with Crippen molar-refractivity contribution in [2.45, 2.75) is 38.5 Å². The lowest BCUT2D eigenvalue weighted by Crippen LogP contribution is -2.09. The Bertz CT molecular complexity index is 2220. The Morgan fingerprint density at radius 2 is 0.929 bits per heavy atom. The van der Waals surface area contributed by atoms with Crippen molar-refractivity contribution in [3.63, 3.8) is 0 Å². The van der Waals surface area contributed by atoms with E-state index in [0.717, 1.165) is 22.4 Å². The summed E-state index contributed by atoms with van der Waals surface area (Å²) in [5, 5.41) is 26.5. The van der Waals surface area contributed by atoms with Crippen molar-refractivity contribution >= 4 is 29.5 Å². The van der Waals surface area contributed by atoms with Gasteiger partial charge in [-0.05, 0) is 66.4 Å². The van der Waals surface area contributed by atoms with E-state index in [1.807, 2.05) is 84.9 Å². The Hall–Kier alpha value is -7.13.